The molecule has 1 atom stereocenters. The van der Waals surface area contributed by atoms with Crippen LogP contribution in [-0.2, 0) is 4.74 Å². The monoisotopic (exact) mass is 117 g/mol. The number of ether oxygens (including phenoxy) is 1. The molecule has 1 saturated heterocycles. The molecule has 0 spiro atoms. The molecule has 3 heteroatoms. The summed E-state index contributed by atoms with van der Waals surface area (Å²) in [6, 6.07) is 0. The highest BCUT2D eigenvalue weighted by molar-refractivity contribution is 4.59. The Bertz CT molecular complexity index is 66.8. The summed E-state index contributed by atoms with van der Waals surface area (Å²) >= 11 is 0. The van der Waals surface area contributed by atoms with Crippen molar-refractivity contribution in [1.29, 1.82) is 0 Å². The molecule has 0 aliphatic carbocycles. The quantitative estimate of drug-likeness (QED) is 0.454. The largest absolute Gasteiger partial charge is 0.376 e. The van der Waals surface area contributed by atoms with Gasteiger partial charge in [0.2, 0.25) is 0 Å². The van der Waals surface area contributed by atoms with Crippen LogP contribution in [-0.4, -0.2) is 43.0 Å². The minimum Gasteiger partial charge on any atom is -0.376 e. The van der Waals surface area contributed by atoms with Crippen LogP contribution >= 0.6 is 0 Å². The number of aliphatic hydroxyl groups is 1. The SMILES string of the molecule is CN1CCOCC1O. The summed E-state index contributed by atoms with van der Waals surface area (Å²) in [6.45, 7) is 2.03. The van der Waals surface area contributed by atoms with Crippen LogP contribution in [0.5, 0.6) is 0 Å². The van der Waals surface area contributed by atoms with Gasteiger partial charge >= 0.3 is 0 Å². The number of rotatable bonds is 0. The van der Waals surface area contributed by atoms with Crippen LogP contribution in [0.4, 0.5) is 0 Å². The highest BCUT2D eigenvalue weighted by Crippen LogP contribution is 1.98. The Balaban J connectivity index is 2.28. The standard InChI is InChI=1S/C5H11NO2/c1-6-2-3-8-4-5(6)7/h5,7H,2-4H2,1H3. The van der Waals surface area contributed by atoms with Crippen LogP contribution in [0.1, 0.15) is 0 Å². The van der Waals surface area contributed by atoms with E-state index in [0.29, 0.717) is 6.61 Å². The first kappa shape index (κ1) is 6.01. The second kappa shape index (κ2) is 2.44. The molecular formula is C5H11NO2. The molecule has 0 aromatic carbocycles. The zero-order valence-corrected chi connectivity index (χ0v) is 5.00. The van der Waals surface area contributed by atoms with Crippen molar-refractivity contribution < 1.29 is 9.84 Å². The van der Waals surface area contributed by atoms with Gasteiger partial charge in [-0.15, -0.1) is 0 Å². The zero-order valence-electron chi connectivity index (χ0n) is 5.00. The summed E-state index contributed by atoms with van der Waals surface area (Å²) in [5, 5.41) is 8.98. The van der Waals surface area contributed by atoms with Gasteiger partial charge in [-0.3, -0.25) is 4.90 Å². The molecule has 1 N–H and O–H groups in total. The summed E-state index contributed by atoms with van der Waals surface area (Å²) in [4.78, 5) is 1.86. The average Bonchev–Trinajstić information content (AvgIpc) is 1.77. The van der Waals surface area contributed by atoms with Crippen molar-refractivity contribution in [2.24, 2.45) is 0 Å². The third-order valence-corrected chi connectivity index (χ3v) is 1.36. The van der Waals surface area contributed by atoms with Crippen LogP contribution in [0.2, 0.25) is 0 Å². The summed E-state index contributed by atoms with van der Waals surface area (Å²) in [7, 11) is 1.88. The molecule has 3 nitrogen and oxygen atoms in total. The predicted molar refractivity (Wildman–Crippen MR) is 29.5 cm³/mol. The Morgan fingerprint density at radius 3 is 2.88 bits per heavy atom. The molecule has 1 aliphatic heterocycles. The molecule has 1 unspecified atom stereocenters. The van der Waals surface area contributed by atoms with Crippen molar-refractivity contribution in [3.8, 4) is 0 Å². The maximum Gasteiger partial charge on any atom is 0.130 e. The Morgan fingerprint density at radius 1 is 1.75 bits per heavy atom. The van der Waals surface area contributed by atoms with E-state index < -0.39 is 0 Å². The van der Waals surface area contributed by atoms with Crippen LogP contribution in [0.25, 0.3) is 0 Å². The Morgan fingerprint density at radius 2 is 2.50 bits per heavy atom. The first-order valence-electron chi connectivity index (χ1n) is 2.77. The van der Waals surface area contributed by atoms with E-state index in [1.165, 1.54) is 0 Å². The lowest BCUT2D eigenvalue weighted by Gasteiger charge is -2.27. The van der Waals surface area contributed by atoms with Crippen LogP contribution < -0.4 is 0 Å². The molecule has 0 amide bonds. The van der Waals surface area contributed by atoms with Crippen LogP contribution in [0.3, 0.4) is 0 Å². The Labute approximate surface area is 48.9 Å². The third kappa shape index (κ3) is 1.18. The van der Waals surface area contributed by atoms with Gasteiger partial charge in [0, 0.05) is 6.54 Å². The van der Waals surface area contributed by atoms with Gasteiger partial charge in [-0.2, -0.15) is 0 Å². The van der Waals surface area contributed by atoms with Crippen molar-refractivity contribution in [1.82, 2.24) is 4.90 Å². The molecule has 1 rings (SSSR count). The highest BCUT2D eigenvalue weighted by Gasteiger charge is 2.14. The lowest BCUT2D eigenvalue weighted by molar-refractivity contribution is -0.0934. The molecule has 0 aromatic heterocycles. The van der Waals surface area contributed by atoms with Gasteiger partial charge in [0.15, 0.2) is 0 Å². The maximum atomic E-state index is 8.98. The number of aliphatic hydroxyl groups excluding tert-OH is 1. The molecular weight excluding hydrogens is 106 g/mol. The van der Waals surface area contributed by atoms with E-state index in [9.17, 15) is 0 Å². The van der Waals surface area contributed by atoms with E-state index in [1.54, 1.807) is 0 Å². The van der Waals surface area contributed by atoms with Gasteiger partial charge in [-0.25, -0.2) is 0 Å². The fourth-order valence-electron chi connectivity index (χ4n) is 0.674. The number of likely N-dealkylation sites (N-methyl/N-ethyl adjacent to an activating group) is 1. The number of hydrogen-bond donors (Lipinski definition) is 1. The molecule has 0 bridgehead atoms. The lowest BCUT2D eigenvalue weighted by Crippen LogP contribution is -2.42. The minimum atomic E-state index is -0.385. The molecule has 8 heavy (non-hydrogen) atoms. The van der Waals surface area contributed by atoms with E-state index in [0.717, 1.165) is 13.2 Å². The second-order valence-electron chi connectivity index (χ2n) is 2.04. The van der Waals surface area contributed by atoms with Gasteiger partial charge in [-0.1, -0.05) is 0 Å². The summed E-state index contributed by atoms with van der Waals surface area (Å²) in [5.74, 6) is 0. The minimum absolute atomic E-state index is 0.385. The summed E-state index contributed by atoms with van der Waals surface area (Å²) in [6.07, 6.45) is -0.385. The molecule has 1 fully saturated rings. The normalized spacial score (nSPS) is 33.0. The van der Waals surface area contributed by atoms with Crippen LogP contribution in [0.15, 0.2) is 0 Å². The number of morpholine rings is 1. The van der Waals surface area contributed by atoms with E-state index in [4.69, 9.17) is 9.84 Å². The fraction of sp³-hybridized carbons (Fsp3) is 1.00. The van der Waals surface area contributed by atoms with Crippen LogP contribution in [0, 0.1) is 0 Å². The van der Waals surface area contributed by atoms with E-state index in [1.807, 2.05) is 11.9 Å². The maximum absolute atomic E-state index is 8.98. The first-order valence-corrected chi connectivity index (χ1v) is 2.77. The van der Waals surface area contributed by atoms with Crippen molar-refractivity contribution in [3.05, 3.63) is 0 Å². The summed E-state index contributed by atoms with van der Waals surface area (Å²) < 4.78 is 4.96. The molecule has 1 heterocycles. The van der Waals surface area contributed by atoms with E-state index >= 15 is 0 Å². The molecule has 0 aromatic rings. The molecule has 0 radical (unpaired) electrons. The van der Waals surface area contributed by atoms with E-state index in [2.05, 4.69) is 0 Å². The fourth-order valence-corrected chi connectivity index (χ4v) is 0.674. The zero-order chi connectivity index (χ0) is 5.98. The predicted octanol–water partition coefficient (Wildman–Crippen LogP) is -0.733. The summed E-state index contributed by atoms with van der Waals surface area (Å²) in [5.41, 5.74) is 0. The first-order chi connectivity index (χ1) is 3.80. The van der Waals surface area contributed by atoms with Crippen molar-refractivity contribution in [2.75, 3.05) is 26.8 Å². The number of nitrogens with zero attached hydrogens (tertiary/aromatic N) is 1. The number of hydrogen-bond acceptors (Lipinski definition) is 3. The molecule has 1 aliphatic rings. The van der Waals surface area contributed by atoms with E-state index in [-0.39, 0.29) is 6.23 Å². The van der Waals surface area contributed by atoms with Gasteiger partial charge in [0.05, 0.1) is 13.2 Å². The second-order valence-corrected chi connectivity index (χ2v) is 2.04. The Kier molecular flexibility index (Phi) is 1.83. The smallest absolute Gasteiger partial charge is 0.130 e. The van der Waals surface area contributed by atoms with Gasteiger partial charge in [-0.05, 0) is 7.05 Å². The van der Waals surface area contributed by atoms with Gasteiger partial charge < -0.3 is 9.84 Å². The van der Waals surface area contributed by atoms with Gasteiger partial charge in [0.1, 0.15) is 6.23 Å². The third-order valence-electron chi connectivity index (χ3n) is 1.36. The van der Waals surface area contributed by atoms with Crippen molar-refractivity contribution in [2.45, 2.75) is 6.23 Å². The average molecular weight is 117 g/mol. The topological polar surface area (TPSA) is 32.7 Å². The van der Waals surface area contributed by atoms with Crippen molar-refractivity contribution >= 4 is 0 Å². The molecule has 0 saturated carbocycles. The highest BCUT2D eigenvalue weighted by atomic mass is 16.5. The van der Waals surface area contributed by atoms with Gasteiger partial charge in [0.25, 0.3) is 0 Å². The molecule has 48 valence electrons. The lowest BCUT2D eigenvalue weighted by atomic mass is 10.4. The van der Waals surface area contributed by atoms with Crippen molar-refractivity contribution in [3.63, 3.8) is 0 Å². The Hall–Kier alpha value is -0.120.